The number of rotatable bonds is 5. The predicted octanol–water partition coefficient (Wildman–Crippen LogP) is 2.86. The summed E-state index contributed by atoms with van der Waals surface area (Å²) in [6.45, 7) is 9.96. The van der Waals surface area contributed by atoms with Crippen LogP contribution in [-0.4, -0.2) is 20.6 Å². The molecule has 1 N–H and O–H groups in total. The Morgan fingerprint density at radius 1 is 1.26 bits per heavy atom. The van der Waals surface area contributed by atoms with Gasteiger partial charge >= 0.3 is 0 Å². The van der Waals surface area contributed by atoms with Gasteiger partial charge < -0.3 is 4.74 Å². The molecule has 0 aliphatic heterocycles. The Bertz CT molecular complexity index is 530. The highest BCUT2D eigenvalue weighted by atomic mass is 32.2. The van der Waals surface area contributed by atoms with Crippen LogP contribution in [0.15, 0.2) is 23.1 Å². The van der Waals surface area contributed by atoms with Crippen molar-refractivity contribution >= 4 is 10.0 Å². The second-order valence-electron chi connectivity index (χ2n) is 5.63. The van der Waals surface area contributed by atoms with Gasteiger partial charge in [0.25, 0.3) is 0 Å². The summed E-state index contributed by atoms with van der Waals surface area (Å²) in [6, 6.07) is 4.92. The molecular formula is C14H23NO3S. The topological polar surface area (TPSA) is 55.4 Å². The maximum Gasteiger partial charge on any atom is 0.241 e. The number of nitrogens with one attached hydrogen (secondary N) is 1. The number of aryl methyl sites for hydroxylation is 1. The van der Waals surface area contributed by atoms with Gasteiger partial charge in [-0.3, -0.25) is 0 Å². The molecule has 0 fully saturated rings. The summed E-state index contributed by atoms with van der Waals surface area (Å²) in [5.74, 6) is 0.733. The molecule has 0 radical (unpaired) electrons. The average molecular weight is 285 g/mol. The number of benzene rings is 1. The van der Waals surface area contributed by atoms with Crippen molar-refractivity contribution in [3.05, 3.63) is 23.8 Å². The smallest absolute Gasteiger partial charge is 0.241 e. The third-order valence-corrected chi connectivity index (χ3v) is 4.11. The number of hydrogen-bond acceptors (Lipinski definition) is 3. The predicted molar refractivity (Wildman–Crippen MR) is 77.0 cm³/mol. The first-order chi connectivity index (χ1) is 8.65. The molecule has 1 aromatic carbocycles. The van der Waals surface area contributed by atoms with Gasteiger partial charge in [0.15, 0.2) is 0 Å². The van der Waals surface area contributed by atoms with Gasteiger partial charge in [-0.05, 0) is 57.9 Å². The van der Waals surface area contributed by atoms with Crippen molar-refractivity contribution in [1.82, 2.24) is 4.72 Å². The zero-order valence-corrected chi connectivity index (χ0v) is 13.1. The van der Waals surface area contributed by atoms with E-state index in [2.05, 4.69) is 4.72 Å². The highest BCUT2D eigenvalue weighted by Gasteiger charge is 2.22. The van der Waals surface area contributed by atoms with E-state index in [1.807, 2.05) is 34.6 Å². The zero-order chi connectivity index (χ0) is 14.7. The SMILES string of the molecule is CCCOc1ccc(S(=O)(=O)NC(C)(C)C)cc1C. The van der Waals surface area contributed by atoms with E-state index in [9.17, 15) is 8.42 Å². The van der Waals surface area contributed by atoms with Crippen LogP contribution in [0.2, 0.25) is 0 Å². The third-order valence-electron chi connectivity index (χ3n) is 2.36. The van der Waals surface area contributed by atoms with Crippen LogP contribution in [0.25, 0.3) is 0 Å². The van der Waals surface area contributed by atoms with Crippen molar-refractivity contribution in [3.8, 4) is 5.75 Å². The van der Waals surface area contributed by atoms with Crippen molar-refractivity contribution in [3.63, 3.8) is 0 Å². The van der Waals surface area contributed by atoms with Crippen LogP contribution in [0.4, 0.5) is 0 Å². The van der Waals surface area contributed by atoms with Gasteiger partial charge in [-0.2, -0.15) is 0 Å². The van der Waals surface area contributed by atoms with Gasteiger partial charge in [-0.1, -0.05) is 6.92 Å². The van der Waals surface area contributed by atoms with Gasteiger partial charge in [-0.15, -0.1) is 0 Å². The fraction of sp³-hybridized carbons (Fsp3) is 0.571. The molecule has 0 aromatic heterocycles. The first-order valence-electron chi connectivity index (χ1n) is 6.43. The molecule has 108 valence electrons. The van der Waals surface area contributed by atoms with Gasteiger partial charge in [0.1, 0.15) is 5.75 Å². The Morgan fingerprint density at radius 2 is 1.89 bits per heavy atom. The van der Waals surface area contributed by atoms with Gasteiger partial charge in [0, 0.05) is 5.54 Å². The maximum absolute atomic E-state index is 12.2. The van der Waals surface area contributed by atoms with E-state index in [0.29, 0.717) is 6.61 Å². The molecule has 0 spiro atoms. The Hall–Kier alpha value is -1.07. The summed E-state index contributed by atoms with van der Waals surface area (Å²) in [7, 11) is -3.48. The zero-order valence-electron chi connectivity index (χ0n) is 12.3. The van der Waals surface area contributed by atoms with E-state index in [1.165, 1.54) is 0 Å². The lowest BCUT2D eigenvalue weighted by Gasteiger charge is -2.20. The molecule has 0 heterocycles. The summed E-state index contributed by atoms with van der Waals surface area (Å²) >= 11 is 0. The summed E-state index contributed by atoms with van der Waals surface area (Å²) in [4.78, 5) is 0.267. The van der Waals surface area contributed by atoms with Crippen molar-refractivity contribution < 1.29 is 13.2 Å². The lowest BCUT2D eigenvalue weighted by molar-refractivity contribution is 0.315. The lowest BCUT2D eigenvalue weighted by atomic mass is 10.1. The molecule has 0 aliphatic rings. The van der Waals surface area contributed by atoms with Crippen LogP contribution >= 0.6 is 0 Å². The average Bonchev–Trinajstić information content (AvgIpc) is 2.24. The van der Waals surface area contributed by atoms with Crippen LogP contribution in [-0.2, 0) is 10.0 Å². The van der Waals surface area contributed by atoms with E-state index in [4.69, 9.17) is 4.74 Å². The first kappa shape index (κ1) is 16.0. The van der Waals surface area contributed by atoms with E-state index in [-0.39, 0.29) is 4.90 Å². The molecule has 0 amide bonds. The summed E-state index contributed by atoms with van der Waals surface area (Å²) < 4.78 is 32.5. The Labute approximate surface area is 116 Å². The molecule has 0 bridgehead atoms. The van der Waals surface area contributed by atoms with Crippen LogP contribution in [0.5, 0.6) is 5.75 Å². The van der Waals surface area contributed by atoms with Gasteiger partial charge in [0.05, 0.1) is 11.5 Å². The first-order valence-corrected chi connectivity index (χ1v) is 7.91. The molecule has 1 rings (SSSR count). The standard InChI is InChI=1S/C14H23NO3S/c1-6-9-18-13-8-7-12(10-11(13)2)19(16,17)15-14(3,4)5/h7-8,10,15H,6,9H2,1-5H3. The second kappa shape index (κ2) is 5.92. The quantitative estimate of drug-likeness (QED) is 0.905. The highest BCUT2D eigenvalue weighted by molar-refractivity contribution is 7.89. The summed E-state index contributed by atoms with van der Waals surface area (Å²) in [5, 5.41) is 0. The Morgan fingerprint density at radius 3 is 2.37 bits per heavy atom. The minimum Gasteiger partial charge on any atom is -0.493 e. The monoisotopic (exact) mass is 285 g/mol. The fourth-order valence-corrected chi connectivity index (χ4v) is 3.13. The van der Waals surface area contributed by atoms with Crippen molar-refractivity contribution in [2.24, 2.45) is 0 Å². The molecule has 0 aliphatic carbocycles. The van der Waals surface area contributed by atoms with Crippen LogP contribution in [0, 0.1) is 6.92 Å². The van der Waals surface area contributed by atoms with Crippen LogP contribution < -0.4 is 9.46 Å². The van der Waals surface area contributed by atoms with Gasteiger partial charge in [-0.25, -0.2) is 13.1 Å². The maximum atomic E-state index is 12.2. The second-order valence-corrected chi connectivity index (χ2v) is 7.31. The molecule has 19 heavy (non-hydrogen) atoms. The third kappa shape index (κ3) is 4.84. The van der Waals surface area contributed by atoms with Crippen molar-refractivity contribution in [2.45, 2.75) is 51.5 Å². The largest absolute Gasteiger partial charge is 0.493 e. The molecule has 4 nitrogen and oxygen atoms in total. The number of sulfonamides is 1. The van der Waals surface area contributed by atoms with E-state index >= 15 is 0 Å². The summed E-state index contributed by atoms with van der Waals surface area (Å²) in [5.41, 5.74) is 0.328. The van der Waals surface area contributed by atoms with E-state index in [1.54, 1.807) is 18.2 Å². The van der Waals surface area contributed by atoms with Crippen LogP contribution in [0.1, 0.15) is 39.7 Å². The Kier molecular flexibility index (Phi) is 4.98. The molecule has 0 unspecified atom stereocenters. The summed E-state index contributed by atoms with van der Waals surface area (Å²) in [6.07, 6.45) is 0.922. The number of ether oxygens (including phenoxy) is 1. The van der Waals surface area contributed by atoms with Gasteiger partial charge in [0.2, 0.25) is 10.0 Å². The molecule has 0 atom stereocenters. The Balaban J connectivity index is 3.00. The fourth-order valence-electron chi connectivity index (χ4n) is 1.63. The molecular weight excluding hydrogens is 262 g/mol. The minimum absolute atomic E-state index is 0.267. The normalized spacial score (nSPS) is 12.5. The lowest BCUT2D eigenvalue weighted by Crippen LogP contribution is -2.40. The van der Waals surface area contributed by atoms with Crippen molar-refractivity contribution in [1.29, 1.82) is 0 Å². The molecule has 1 aromatic rings. The minimum atomic E-state index is -3.48. The van der Waals surface area contributed by atoms with Crippen LogP contribution in [0.3, 0.4) is 0 Å². The number of hydrogen-bond donors (Lipinski definition) is 1. The van der Waals surface area contributed by atoms with E-state index < -0.39 is 15.6 Å². The molecule has 0 saturated carbocycles. The van der Waals surface area contributed by atoms with E-state index in [0.717, 1.165) is 17.7 Å². The van der Waals surface area contributed by atoms with Crippen molar-refractivity contribution in [2.75, 3.05) is 6.61 Å². The highest BCUT2D eigenvalue weighted by Crippen LogP contribution is 2.22. The molecule has 5 heteroatoms. The molecule has 0 saturated heterocycles.